The zero-order valence-corrected chi connectivity index (χ0v) is 11.0. The van der Waals surface area contributed by atoms with Crippen molar-refractivity contribution in [2.45, 2.75) is 19.5 Å². The van der Waals surface area contributed by atoms with Crippen molar-refractivity contribution in [3.05, 3.63) is 42.0 Å². The van der Waals surface area contributed by atoms with E-state index in [1.807, 2.05) is 30.3 Å². The molecule has 0 saturated carbocycles. The number of carbonyl (C=O) groups excluding carboxylic acids is 1. The number of nitrogens with one attached hydrogen (secondary N) is 1. The number of rotatable bonds is 4. The number of benzene rings is 2. The van der Waals surface area contributed by atoms with Crippen molar-refractivity contribution in [1.82, 2.24) is 5.32 Å². The Hall–Kier alpha value is -2.07. The largest absolute Gasteiger partial charge is 0.508 e. The topological polar surface area (TPSA) is 58.6 Å². The summed E-state index contributed by atoms with van der Waals surface area (Å²) in [5.74, 6) is -0.0945. The molecule has 0 fully saturated rings. The van der Waals surface area contributed by atoms with Crippen molar-refractivity contribution in [1.29, 1.82) is 0 Å². The van der Waals surface area contributed by atoms with Crippen LogP contribution in [0, 0.1) is 0 Å². The van der Waals surface area contributed by atoms with Gasteiger partial charge in [0.25, 0.3) is 0 Å². The summed E-state index contributed by atoms with van der Waals surface area (Å²) in [6.07, 6.45) is 0. The predicted octanol–water partition coefficient (Wildman–Crippen LogP) is 2.20. The lowest BCUT2D eigenvalue weighted by atomic mass is 10.0. The van der Waals surface area contributed by atoms with Crippen molar-refractivity contribution in [2.24, 2.45) is 0 Å². The molecule has 100 valence electrons. The molecule has 0 unspecified atom stereocenters. The van der Waals surface area contributed by atoms with E-state index in [-0.39, 0.29) is 11.7 Å². The SMILES string of the molecule is COC(=O)[C@H](C)NCc1c(O)ccc2ccccc12. The minimum atomic E-state index is -0.414. The summed E-state index contributed by atoms with van der Waals surface area (Å²) in [6, 6.07) is 10.9. The Morgan fingerprint density at radius 1 is 1.32 bits per heavy atom. The van der Waals surface area contributed by atoms with Crippen LogP contribution in [0.25, 0.3) is 10.8 Å². The van der Waals surface area contributed by atoms with Crippen LogP contribution in [0.2, 0.25) is 0 Å². The smallest absolute Gasteiger partial charge is 0.322 e. The summed E-state index contributed by atoms with van der Waals surface area (Å²) in [5.41, 5.74) is 0.786. The van der Waals surface area contributed by atoms with Gasteiger partial charge in [0.2, 0.25) is 0 Å². The number of ether oxygens (including phenoxy) is 1. The first-order chi connectivity index (χ1) is 9.13. The average molecular weight is 259 g/mol. The van der Waals surface area contributed by atoms with E-state index >= 15 is 0 Å². The fourth-order valence-corrected chi connectivity index (χ4v) is 2.03. The Labute approximate surface area is 112 Å². The molecule has 0 bridgehead atoms. The van der Waals surface area contributed by atoms with Crippen molar-refractivity contribution in [3.8, 4) is 5.75 Å². The normalized spacial score (nSPS) is 12.3. The van der Waals surface area contributed by atoms with Gasteiger partial charge in [-0.3, -0.25) is 4.79 Å². The molecule has 0 spiro atoms. The molecule has 0 aliphatic heterocycles. The Morgan fingerprint density at radius 3 is 2.79 bits per heavy atom. The summed E-state index contributed by atoms with van der Waals surface area (Å²) in [6.45, 7) is 2.14. The van der Waals surface area contributed by atoms with Gasteiger partial charge in [-0.25, -0.2) is 0 Å². The highest BCUT2D eigenvalue weighted by molar-refractivity contribution is 5.87. The number of esters is 1. The van der Waals surface area contributed by atoms with Crippen molar-refractivity contribution in [3.63, 3.8) is 0 Å². The molecule has 19 heavy (non-hydrogen) atoms. The third-order valence-corrected chi connectivity index (χ3v) is 3.16. The van der Waals surface area contributed by atoms with Gasteiger partial charge >= 0.3 is 5.97 Å². The lowest BCUT2D eigenvalue weighted by molar-refractivity contribution is -0.142. The van der Waals surface area contributed by atoms with Crippen LogP contribution in [0.15, 0.2) is 36.4 Å². The highest BCUT2D eigenvalue weighted by Crippen LogP contribution is 2.26. The van der Waals surface area contributed by atoms with Gasteiger partial charge < -0.3 is 15.2 Å². The quantitative estimate of drug-likeness (QED) is 0.826. The summed E-state index contributed by atoms with van der Waals surface area (Å²) in [5, 5.41) is 15.0. The minimum absolute atomic E-state index is 0.225. The van der Waals surface area contributed by atoms with Crippen LogP contribution in [0.4, 0.5) is 0 Å². The van der Waals surface area contributed by atoms with E-state index in [0.717, 1.165) is 16.3 Å². The van der Waals surface area contributed by atoms with Gasteiger partial charge in [0, 0.05) is 12.1 Å². The maximum Gasteiger partial charge on any atom is 0.322 e. The molecule has 0 aliphatic rings. The summed E-state index contributed by atoms with van der Waals surface area (Å²) >= 11 is 0. The number of carbonyl (C=O) groups is 1. The van der Waals surface area contributed by atoms with E-state index < -0.39 is 6.04 Å². The maximum atomic E-state index is 11.3. The van der Waals surface area contributed by atoms with Gasteiger partial charge in [0.15, 0.2) is 0 Å². The minimum Gasteiger partial charge on any atom is -0.508 e. The molecule has 1 atom stereocenters. The molecule has 0 radical (unpaired) electrons. The molecule has 2 N–H and O–H groups in total. The number of aromatic hydroxyl groups is 1. The first-order valence-corrected chi connectivity index (χ1v) is 6.14. The second-order valence-electron chi connectivity index (χ2n) is 4.41. The van der Waals surface area contributed by atoms with Crippen molar-refractivity contribution < 1.29 is 14.6 Å². The number of fused-ring (bicyclic) bond motifs is 1. The Morgan fingerprint density at radius 2 is 2.05 bits per heavy atom. The molecule has 0 saturated heterocycles. The summed E-state index contributed by atoms with van der Waals surface area (Å²) in [7, 11) is 1.36. The van der Waals surface area contributed by atoms with Crippen LogP contribution >= 0.6 is 0 Å². The highest BCUT2D eigenvalue weighted by atomic mass is 16.5. The van der Waals surface area contributed by atoms with Crippen molar-refractivity contribution >= 4 is 16.7 Å². The van der Waals surface area contributed by atoms with Crippen LogP contribution < -0.4 is 5.32 Å². The molecule has 2 aromatic carbocycles. The van der Waals surface area contributed by atoms with Crippen LogP contribution in [-0.2, 0) is 16.1 Å². The van der Waals surface area contributed by atoms with E-state index in [4.69, 9.17) is 0 Å². The van der Waals surface area contributed by atoms with Gasteiger partial charge in [-0.1, -0.05) is 30.3 Å². The van der Waals surface area contributed by atoms with Crippen LogP contribution in [0.3, 0.4) is 0 Å². The molecule has 0 heterocycles. The molecule has 4 nitrogen and oxygen atoms in total. The number of phenolic OH excluding ortho intramolecular Hbond substituents is 1. The lowest BCUT2D eigenvalue weighted by Crippen LogP contribution is -2.34. The fourth-order valence-electron chi connectivity index (χ4n) is 2.03. The molecule has 0 aliphatic carbocycles. The second kappa shape index (κ2) is 5.71. The van der Waals surface area contributed by atoms with Gasteiger partial charge in [-0.05, 0) is 23.8 Å². The number of hydrogen-bond donors (Lipinski definition) is 2. The average Bonchev–Trinajstić information content (AvgIpc) is 2.45. The molecule has 0 aromatic heterocycles. The molecular formula is C15H17NO3. The molecule has 0 amide bonds. The first kappa shape index (κ1) is 13.4. The third kappa shape index (κ3) is 2.85. The van der Waals surface area contributed by atoms with Gasteiger partial charge in [0.1, 0.15) is 11.8 Å². The summed E-state index contributed by atoms with van der Waals surface area (Å²) < 4.78 is 4.65. The Bertz CT molecular complexity index is 595. The Balaban J connectivity index is 2.25. The number of phenols is 1. The first-order valence-electron chi connectivity index (χ1n) is 6.14. The predicted molar refractivity (Wildman–Crippen MR) is 73.9 cm³/mol. The second-order valence-corrected chi connectivity index (χ2v) is 4.41. The number of hydrogen-bond acceptors (Lipinski definition) is 4. The van der Waals surface area contributed by atoms with Crippen LogP contribution in [0.1, 0.15) is 12.5 Å². The molecule has 4 heteroatoms. The lowest BCUT2D eigenvalue weighted by Gasteiger charge is -2.14. The number of methoxy groups -OCH3 is 1. The van der Waals surface area contributed by atoms with E-state index in [1.165, 1.54) is 7.11 Å². The summed E-state index contributed by atoms with van der Waals surface area (Å²) in [4.78, 5) is 11.3. The van der Waals surface area contributed by atoms with E-state index in [1.54, 1.807) is 13.0 Å². The Kier molecular flexibility index (Phi) is 4.02. The van der Waals surface area contributed by atoms with Crippen molar-refractivity contribution in [2.75, 3.05) is 7.11 Å². The zero-order chi connectivity index (χ0) is 13.8. The highest BCUT2D eigenvalue weighted by Gasteiger charge is 2.14. The monoisotopic (exact) mass is 259 g/mol. The third-order valence-electron chi connectivity index (χ3n) is 3.16. The molecular weight excluding hydrogens is 242 g/mol. The van der Waals surface area contributed by atoms with E-state index in [9.17, 15) is 9.90 Å². The zero-order valence-electron chi connectivity index (χ0n) is 11.0. The van der Waals surface area contributed by atoms with Crippen LogP contribution in [0.5, 0.6) is 5.75 Å². The van der Waals surface area contributed by atoms with Crippen LogP contribution in [-0.4, -0.2) is 24.2 Å². The van der Waals surface area contributed by atoms with E-state index in [0.29, 0.717) is 6.54 Å². The maximum absolute atomic E-state index is 11.3. The van der Waals surface area contributed by atoms with E-state index in [2.05, 4.69) is 10.1 Å². The molecule has 2 rings (SSSR count). The fraction of sp³-hybridized carbons (Fsp3) is 0.267. The van der Waals surface area contributed by atoms with Gasteiger partial charge in [0.05, 0.1) is 7.11 Å². The molecule has 2 aromatic rings. The standard InChI is InChI=1S/C15H17NO3/c1-10(15(18)19-2)16-9-13-12-6-4-3-5-11(12)7-8-14(13)17/h3-8,10,16-17H,9H2,1-2H3/t10-/m0/s1. The van der Waals surface area contributed by atoms with Gasteiger partial charge in [-0.15, -0.1) is 0 Å². The van der Waals surface area contributed by atoms with Gasteiger partial charge in [-0.2, -0.15) is 0 Å².